The molecule has 0 spiro atoms. The van der Waals surface area contributed by atoms with E-state index >= 15 is 0 Å². The minimum atomic E-state index is -0.757. The van der Waals surface area contributed by atoms with Gasteiger partial charge in [-0.2, -0.15) is 0 Å². The van der Waals surface area contributed by atoms with Crippen molar-refractivity contribution in [2.24, 2.45) is 0 Å². The van der Waals surface area contributed by atoms with Crippen LogP contribution in [0.15, 0.2) is 28.7 Å². The fourth-order valence-corrected chi connectivity index (χ4v) is 1.64. The lowest BCUT2D eigenvalue weighted by Gasteiger charge is -2.12. The number of hydrogen-bond acceptors (Lipinski definition) is 3. The molecule has 0 saturated heterocycles. The van der Waals surface area contributed by atoms with Crippen LogP contribution in [-0.2, 0) is 20.7 Å². The fraction of sp³-hybridized carbons (Fsp3) is 0.385. The summed E-state index contributed by atoms with van der Waals surface area (Å²) in [5.74, 6) is -0.683. The van der Waals surface area contributed by atoms with E-state index in [1.807, 2.05) is 31.2 Å². The number of benzene rings is 1. The fourth-order valence-electron chi connectivity index (χ4n) is 1.38. The number of halogens is 1. The molecule has 0 aromatic heterocycles. The molecule has 1 atom stereocenters. The first-order valence-corrected chi connectivity index (χ1v) is 6.54. The normalized spacial score (nSPS) is 11.7. The van der Waals surface area contributed by atoms with Crippen LogP contribution in [0.25, 0.3) is 0 Å². The molecule has 1 N–H and O–H groups in total. The van der Waals surface area contributed by atoms with E-state index in [0.29, 0.717) is 6.54 Å². The molecule has 1 rings (SSSR count). The van der Waals surface area contributed by atoms with Crippen LogP contribution in [0, 0.1) is 0 Å². The van der Waals surface area contributed by atoms with Gasteiger partial charge in [-0.1, -0.05) is 28.1 Å². The number of rotatable bonds is 5. The molecular formula is C13H16BrNO3. The molecule has 0 aliphatic carbocycles. The maximum Gasteiger partial charge on any atom is 0.311 e. The zero-order valence-corrected chi connectivity index (χ0v) is 12.0. The number of carbonyl (C=O) groups is 2. The lowest BCUT2D eigenvalue weighted by atomic mass is 10.1. The van der Waals surface area contributed by atoms with Gasteiger partial charge in [0, 0.05) is 11.0 Å². The van der Waals surface area contributed by atoms with Gasteiger partial charge >= 0.3 is 5.97 Å². The highest BCUT2D eigenvalue weighted by Gasteiger charge is 2.16. The van der Waals surface area contributed by atoms with Crippen molar-refractivity contribution in [3.63, 3.8) is 0 Å². The van der Waals surface area contributed by atoms with Gasteiger partial charge in [-0.05, 0) is 31.5 Å². The van der Waals surface area contributed by atoms with Gasteiger partial charge in [0.1, 0.15) is 0 Å². The second-order valence-electron chi connectivity index (χ2n) is 3.83. The SMILES string of the molecule is CCNC(=O)[C@@H](C)OC(=O)Cc1ccc(Br)cc1. The van der Waals surface area contributed by atoms with Crippen molar-refractivity contribution in [2.75, 3.05) is 6.54 Å². The molecule has 0 saturated carbocycles. The zero-order valence-electron chi connectivity index (χ0n) is 10.4. The number of likely N-dealkylation sites (N-methyl/N-ethyl adjacent to an activating group) is 1. The summed E-state index contributed by atoms with van der Waals surface area (Å²) < 4.78 is 5.99. The molecule has 1 amide bonds. The third-order valence-electron chi connectivity index (χ3n) is 2.29. The van der Waals surface area contributed by atoms with Crippen LogP contribution in [0.3, 0.4) is 0 Å². The van der Waals surface area contributed by atoms with E-state index in [4.69, 9.17) is 4.74 Å². The van der Waals surface area contributed by atoms with Gasteiger partial charge in [-0.25, -0.2) is 0 Å². The summed E-state index contributed by atoms with van der Waals surface area (Å²) in [6, 6.07) is 7.38. The average molecular weight is 314 g/mol. The Balaban J connectivity index is 2.46. The first-order valence-electron chi connectivity index (χ1n) is 5.74. The van der Waals surface area contributed by atoms with Crippen LogP contribution in [-0.4, -0.2) is 24.5 Å². The maximum absolute atomic E-state index is 11.6. The van der Waals surface area contributed by atoms with Gasteiger partial charge in [-0.3, -0.25) is 9.59 Å². The summed E-state index contributed by atoms with van der Waals surface area (Å²) in [5, 5.41) is 2.60. The van der Waals surface area contributed by atoms with Crippen molar-refractivity contribution in [1.82, 2.24) is 5.32 Å². The summed E-state index contributed by atoms with van der Waals surface area (Å²) in [7, 11) is 0. The second-order valence-corrected chi connectivity index (χ2v) is 4.75. The van der Waals surface area contributed by atoms with E-state index in [-0.39, 0.29) is 12.3 Å². The van der Waals surface area contributed by atoms with Crippen LogP contribution >= 0.6 is 15.9 Å². The molecular weight excluding hydrogens is 298 g/mol. The minimum absolute atomic E-state index is 0.164. The van der Waals surface area contributed by atoms with E-state index in [2.05, 4.69) is 21.2 Å². The predicted molar refractivity (Wildman–Crippen MR) is 72.1 cm³/mol. The quantitative estimate of drug-likeness (QED) is 0.847. The molecule has 98 valence electrons. The lowest BCUT2D eigenvalue weighted by Crippen LogP contribution is -2.35. The summed E-state index contributed by atoms with van der Waals surface area (Å²) in [6.07, 6.45) is -0.593. The smallest absolute Gasteiger partial charge is 0.311 e. The number of amides is 1. The lowest BCUT2D eigenvalue weighted by molar-refractivity contribution is -0.154. The van der Waals surface area contributed by atoms with Gasteiger partial charge in [0.05, 0.1) is 6.42 Å². The standard InChI is InChI=1S/C13H16BrNO3/c1-3-15-13(17)9(2)18-12(16)8-10-4-6-11(14)7-5-10/h4-7,9H,3,8H2,1-2H3,(H,15,17)/t9-/m1/s1. The summed E-state index contributed by atoms with van der Waals surface area (Å²) in [6.45, 7) is 3.90. The number of hydrogen-bond donors (Lipinski definition) is 1. The molecule has 0 bridgehead atoms. The Morgan fingerprint density at radius 2 is 1.94 bits per heavy atom. The van der Waals surface area contributed by atoms with Crippen LogP contribution in [0.5, 0.6) is 0 Å². The molecule has 18 heavy (non-hydrogen) atoms. The Kier molecular flexibility index (Phi) is 5.85. The molecule has 0 radical (unpaired) electrons. The number of ether oxygens (including phenoxy) is 1. The van der Waals surface area contributed by atoms with Crippen molar-refractivity contribution in [3.05, 3.63) is 34.3 Å². The highest BCUT2D eigenvalue weighted by atomic mass is 79.9. The number of carbonyl (C=O) groups excluding carboxylic acids is 2. The summed E-state index contributed by atoms with van der Waals surface area (Å²) in [4.78, 5) is 23.0. The van der Waals surface area contributed by atoms with Crippen molar-refractivity contribution in [2.45, 2.75) is 26.4 Å². The molecule has 1 aromatic rings. The maximum atomic E-state index is 11.6. The topological polar surface area (TPSA) is 55.4 Å². The minimum Gasteiger partial charge on any atom is -0.452 e. The molecule has 0 aliphatic heterocycles. The molecule has 5 heteroatoms. The van der Waals surface area contributed by atoms with Crippen LogP contribution in [0.1, 0.15) is 19.4 Å². The zero-order chi connectivity index (χ0) is 13.5. The second kappa shape index (κ2) is 7.16. The monoisotopic (exact) mass is 313 g/mol. The van der Waals surface area contributed by atoms with Crippen molar-refractivity contribution >= 4 is 27.8 Å². The van der Waals surface area contributed by atoms with Gasteiger partial charge in [-0.15, -0.1) is 0 Å². The summed E-state index contributed by atoms with van der Waals surface area (Å²) >= 11 is 3.32. The first kappa shape index (κ1) is 14.7. The highest BCUT2D eigenvalue weighted by molar-refractivity contribution is 9.10. The van der Waals surface area contributed by atoms with Gasteiger partial charge < -0.3 is 10.1 Å². The van der Waals surface area contributed by atoms with E-state index in [1.165, 1.54) is 0 Å². The van der Waals surface area contributed by atoms with Crippen molar-refractivity contribution in [1.29, 1.82) is 0 Å². The average Bonchev–Trinajstić information content (AvgIpc) is 2.32. The third kappa shape index (κ3) is 4.87. The van der Waals surface area contributed by atoms with E-state index in [9.17, 15) is 9.59 Å². The van der Waals surface area contributed by atoms with Crippen LogP contribution in [0.4, 0.5) is 0 Å². The van der Waals surface area contributed by atoms with Crippen molar-refractivity contribution in [3.8, 4) is 0 Å². The molecule has 0 heterocycles. The number of nitrogens with one attached hydrogen (secondary N) is 1. The molecule has 1 aromatic carbocycles. The van der Waals surface area contributed by atoms with E-state index < -0.39 is 12.1 Å². The molecule has 0 unspecified atom stereocenters. The van der Waals surface area contributed by atoms with Gasteiger partial charge in [0.25, 0.3) is 5.91 Å². The van der Waals surface area contributed by atoms with E-state index in [1.54, 1.807) is 6.92 Å². The Morgan fingerprint density at radius 1 is 1.33 bits per heavy atom. The molecule has 0 aliphatic rings. The Bertz CT molecular complexity index is 417. The first-order chi connectivity index (χ1) is 8.52. The third-order valence-corrected chi connectivity index (χ3v) is 2.82. The van der Waals surface area contributed by atoms with Crippen molar-refractivity contribution < 1.29 is 14.3 Å². The highest BCUT2D eigenvalue weighted by Crippen LogP contribution is 2.11. The molecule has 0 fully saturated rings. The summed E-state index contributed by atoms with van der Waals surface area (Å²) in [5.41, 5.74) is 0.853. The predicted octanol–water partition coefficient (Wildman–Crippen LogP) is 2.06. The van der Waals surface area contributed by atoms with E-state index in [0.717, 1.165) is 10.0 Å². The van der Waals surface area contributed by atoms with Gasteiger partial charge in [0.15, 0.2) is 6.10 Å². The Labute approximate surface area is 115 Å². The Hall–Kier alpha value is -1.36. The number of esters is 1. The Morgan fingerprint density at radius 3 is 2.50 bits per heavy atom. The largest absolute Gasteiger partial charge is 0.452 e. The van der Waals surface area contributed by atoms with Crippen LogP contribution < -0.4 is 5.32 Å². The van der Waals surface area contributed by atoms with Gasteiger partial charge in [0.2, 0.25) is 0 Å². The van der Waals surface area contributed by atoms with Crippen LogP contribution in [0.2, 0.25) is 0 Å². The molecule has 4 nitrogen and oxygen atoms in total.